The molecule has 1 aromatic rings. The maximum atomic E-state index is 12.9. The van der Waals surface area contributed by atoms with E-state index in [0.29, 0.717) is 6.04 Å². The second kappa shape index (κ2) is 5.00. The second-order valence-corrected chi connectivity index (χ2v) is 6.12. The van der Waals surface area contributed by atoms with E-state index in [-0.39, 0.29) is 5.82 Å². The molecule has 0 aliphatic heterocycles. The van der Waals surface area contributed by atoms with Crippen LogP contribution in [0, 0.1) is 23.6 Å². The van der Waals surface area contributed by atoms with Crippen molar-refractivity contribution in [1.29, 1.82) is 0 Å². The molecule has 4 atom stereocenters. The molecule has 1 N–H and O–H groups in total. The van der Waals surface area contributed by atoms with E-state index < -0.39 is 0 Å². The van der Waals surface area contributed by atoms with E-state index in [1.54, 1.807) is 12.1 Å². The topological polar surface area (TPSA) is 12.0 Å². The van der Waals surface area contributed by atoms with Crippen LogP contribution in [0.4, 0.5) is 4.39 Å². The van der Waals surface area contributed by atoms with Gasteiger partial charge in [-0.2, -0.15) is 0 Å². The van der Waals surface area contributed by atoms with Crippen LogP contribution in [0.25, 0.3) is 0 Å². The Morgan fingerprint density at radius 3 is 2.61 bits per heavy atom. The van der Waals surface area contributed by atoms with Crippen LogP contribution >= 0.6 is 0 Å². The quantitative estimate of drug-likeness (QED) is 0.850. The van der Waals surface area contributed by atoms with Crippen molar-refractivity contribution in [3.63, 3.8) is 0 Å². The summed E-state index contributed by atoms with van der Waals surface area (Å²) in [6.07, 6.45) is 5.81. The lowest BCUT2D eigenvalue weighted by Gasteiger charge is -2.24. The molecule has 18 heavy (non-hydrogen) atoms. The first-order chi connectivity index (χ1) is 8.72. The zero-order chi connectivity index (χ0) is 12.5. The molecule has 2 aliphatic rings. The number of rotatable bonds is 4. The van der Waals surface area contributed by atoms with E-state index in [9.17, 15) is 4.39 Å². The molecule has 2 bridgehead atoms. The van der Waals surface area contributed by atoms with Crippen molar-refractivity contribution in [3.05, 3.63) is 35.6 Å². The van der Waals surface area contributed by atoms with E-state index in [4.69, 9.17) is 0 Å². The third-order valence-corrected chi connectivity index (χ3v) is 4.94. The molecule has 2 heteroatoms. The molecule has 0 saturated heterocycles. The maximum Gasteiger partial charge on any atom is 0.123 e. The van der Waals surface area contributed by atoms with Gasteiger partial charge in [0.1, 0.15) is 5.82 Å². The third kappa shape index (κ3) is 2.44. The number of benzene rings is 1. The lowest BCUT2D eigenvalue weighted by molar-refractivity contribution is 0.309. The first-order valence-corrected chi connectivity index (χ1v) is 7.21. The molecule has 2 fully saturated rings. The molecule has 3 rings (SSSR count). The zero-order valence-corrected chi connectivity index (χ0v) is 11.0. The van der Waals surface area contributed by atoms with Gasteiger partial charge in [-0.25, -0.2) is 4.39 Å². The molecule has 2 aliphatic carbocycles. The van der Waals surface area contributed by atoms with Gasteiger partial charge in [0.25, 0.3) is 0 Å². The van der Waals surface area contributed by atoms with Gasteiger partial charge in [0, 0.05) is 6.04 Å². The molecule has 1 aromatic carbocycles. The average molecular weight is 247 g/mol. The van der Waals surface area contributed by atoms with E-state index in [1.807, 2.05) is 12.1 Å². The summed E-state index contributed by atoms with van der Waals surface area (Å²) in [5.74, 6) is 2.72. The minimum Gasteiger partial charge on any atom is -0.310 e. The van der Waals surface area contributed by atoms with Gasteiger partial charge in [0.2, 0.25) is 0 Å². The van der Waals surface area contributed by atoms with Gasteiger partial charge in [-0.1, -0.05) is 18.6 Å². The van der Waals surface area contributed by atoms with Gasteiger partial charge in [-0.3, -0.25) is 0 Å². The van der Waals surface area contributed by atoms with Crippen molar-refractivity contribution in [2.45, 2.75) is 38.6 Å². The third-order valence-electron chi connectivity index (χ3n) is 4.94. The number of nitrogens with one attached hydrogen (secondary N) is 1. The average Bonchev–Trinajstić information content (AvgIpc) is 2.99. The van der Waals surface area contributed by atoms with Crippen LogP contribution in [-0.4, -0.2) is 6.54 Å². The Balaban J connectivity index is 1.52. The van der Waals surface area contributed by atoms with Crippen molar-refractivity contribution >= 4 is 0 Å². The summed E-state index contributed by atoms with van der Waals surface area (Å²) in [6, 6.07) is 7.18. The van der Waals surface area contributed by atoms with Gasteiger partial charge in [-0.15, -0.1) is 0 Å². The number of halogens is 1. The summed E-state index contributed by atoms with van der Waals surface area (Å²) in [4.78, 5) is 0. The van der Waals surface area contributed by atoms with Crippen molar-refractivity contribution in [1.82, 2.24) is 5.32 Å². The van der Waals surface area contributed by atoms with Crippen LogP contribution in [0.3, 0.4) is 0 Å². The molecule has 2 saturated carbocycles. The maximum absolute atomic E-state index is 12.9. The Morgan fingerprint density at radius 1 is 1.22 bits per heavy atom. The van der Waals surface area contributed by atoms with Gasteiger partial charge in [0.05, 0.1) is 0 Å². The summed E-state index contributed by atoms with van der Waals surface area (Å²) in [7, 11) is 0. The summed E-state index contributed by atoms with van der Waals surface area (Å²) < 4.78 is 12.9. The van der Waals surface area contributed by atoms with E-state index in [0.717, 1.165) is 24.3 Å². The standard InChI is InChI=1S/C16H22FN/c1-11(13-4-6-16(17)7-5-13)18-10-15-9-12-2-3-14(15)8-12/h4-7,11-12,14-15,18H,2-3,8-10H2,1H3/t11-,12?,14?,15?/m1/s1. The number of hydrogen-bond donors (Lipinski definition) is 1. The lowest BCUT2D eigenvalue weighted by Crippen LogP contribution is -2.28. The van der Waals surface area contributed by atoms with Crippen LogP contribution in [0.1, 0.15) is 44.2 Å². The molecule has 0 amide bonds. The SMILES string of the molecule is C[C@@H](NCC1CC2CCC1C2)c1ccc(F)cc1. The van der Waals surface area contributed by atoms with Gasteiger partial charge >= 0.3 is 0 Å². The van der Waals surface area contributed by atoms with Gasteiger partial charge < -0.3 is 5.32 Å². The van der Waals surface area contributed by atoms with E-state index in [2.05, 4.69) is 12.2 Å². The van der Waals surface area contributed by atoms with Crippen molar-refractivity contribution in [2.24, 2.45) is 17.8 Å². The zero-order valence-electron chi connectivity index (χ0n) is 11.0. The predicted molar refractivity (Wildman–Crippen MR) is 71.8 cm³/mol. The molecule has 0 radical (unpaired) electrons. The highest BCUT2D eigenvalue weighted by atomic mass is 19.1. The smallest absolute Gasteiger partial charge is 0.123 e. The summed E-state index contributed by atoms with van der Waals surface area (Å²) in [5, 5.41) is 3.62. The monoisotopic (exact) mass is 247 g/mol. The molecule has 0 spiro atoms. The predicted octanol–water partition coefficient (Wildman–Crippen LogP) is 3.91. The minimum absolute atomic E-state index is 0.154. The van der Waals surface area contributed by atoms with E-state index in [1.165, 1.54) is 31.2 Å². The molecule has 98 valence electrons. The first kappa shape index (κ1) is 12.2. The second-order valence-electron chi connectivity index (χ2n) is 6.12. The van der Waals surface area contributed by atoms with Crippen LogP contribution in [-0.2, 0) is 0 Å². The highest BCUT2D eigenvalue weighted by molar-refractivity contribution is 5.19. The normalized spacial score (nSPS) is 31.8. The largest absolute Gasteiger partial charge is 0.310 e. The minimum atomic E-state index is -0.154. The Bertz CT molecular complexity index is 400. The van der Waals surface area contributed by atoms with Gasteiger partial charge in [0.15, 0.2) is 0 Å². The molecular weight excluding hydrogens is 225 g/mol. The summed E-state index contributed by atoms with van der Waals surface area (Å²) in [5.41, 5.74) is 1.18. The molecule has 0 aromatic heterocycles. The lowest BCUT2D eigenvalue weighted by atomic mass is 9.88. The fourth-order valence-corrected chi connectivity index (χ4v) is 3.82. The number of fused-ring (bicyclic) bond motifs is 2. The fourth-order valence-electron chi connectivity index (χ4n) is 3.82. The Labute approximate surface area is 109 Å². The van der Waals surface area contributed by atoms with Gasteiger partial charge in [-0.05, 0) is 68.2 Å². The fraction of sp³-hybridized carbons (Fsp3) is 0.625. The van der Waals surface area contributed by atoms with Crippen LogP contribution in [0.5, 0.6) is 0 Å². The van der Waals surface area contributed by atoms with E-state index >= 15 is 0 Å². The Morgan fingerprint density at radius 2 is 2.00 bits per heavy atom. The molecule has 3 unspecified atom stereocenters. The van der Waals surface area contributed by atoms with Crippen LogP contribution in [0.15, 0.2) is 24.3 Å². The highest BCUT2D eigenvalue weighted by Gasteiger charge is 2.39. The molecular formula is C16H22FN. The first-order valence-electron chi connectivity index (χ1n) is 7.21. The summed E-state index contributed by atoms with van der Waals surface area (Å²) >= 11 is 0. The molecule has 0 heterocycles. The Hall–Kier alpha value is -0.890. The van der Waals surface area contributed by atoms with Crippen LogP contribution < -0.4 is 5.32 Å². The van der Waals surface area contributed by atoms with Crippen molar-refractivity contribution in [3.8, 4) is 0 Å². The Kier molecular flexibility index (Phi) is 3.38. The highest BCUT2D eigenvalue weighted by Crippen LogP contribution is 2.48. The van der Waals surface area contributed by atoms with Crippen LogP contribution in [0.2, 0.25) is 0 Å². The molecule has 1 nitrogen and oxygen atoms in total. The number of hydrogen-bond acceptors (Lipinski definition) is 1. The summed E-state index contributed by atoms with van der Waals surface area (Å²) in [6.45, 7) is 3.29. The van der Waals surface area contributed by atoms with Crippen molar-refractivity contribution in [2.75, 3.05) is 6.54 Å². The van der Waals surface area contributed by atoms with Crippen molar-refractivity contribution < 1.29 is 4.39 Å².